The normalized spacial score (nSPS) is 12.3. The SMILES string of the molecule is NCC(CCCc1ccccc1)Cc1ccccc1Br. The minimum Gasteiger partial charge on any atom is -0.330 e. The van der Waals surface area contributed by atoms with Gasteiger partial charge in [0.15, 0.2) is 0 Å². The van der Waals surface area contributed by atoms with E-state index in [1.807, 2.05) is 0 Å². The Hall–Kier alpha value is -1.12. The Balaban J connectivity index is 1.82. The van der Waals surface area contributed by atoms with Crippen molar-refractivity contribution in [1.29, 1.82) is 0 Å². The summed E-state index contributed by atoms with van der Waals surface area (Å²) in [6, 6.07) is 19.1. The van der Waals surface area contributed by atoms with Crippen LogP contribution in [0.1, 0.15) is 24.0 Å². The molecule has 0 aliphatic heterocycles. The van der Waals surface area contributed by atoms with Crippen LogP contribution in [-0.2, 0) is 12.8 Å². The Bertz CT molecular complexity index is 510. The number of hydrogen-bond acceptors (Lipinski definition) is 1. The van der Waals surface area contributed by atoms with E-state index < -0.39 is 0 Å². The van der Waals surface area contributed by atoms with Crippen molar-refractivity contribution in [3.63, 3.8) is 0 Å². The van der Waals surface area contributed by atoms with E-state index in [1.54, 1.807) is 0 Å². The third kappa shape index (κ3) is 4.77. The Morgan fingerprint density at radius 2 is 1.65 bits per heavy atom. The van der Waals surface area contributed by atoms with E-state index in [-0.39, 0.29) is 0 Å². The predicted molar refractivity (Wildman–Crippen MR) is 89.8 cm³/mol. The average molecular weight is 332 g/mol. The Labute approximate surface area is 130 Å². The van der Waals surface area contributed by atoms with Gasteiger partial charge in [-0.25, -0.2) is 0 Å². The van der Waals surface area contributed by atoms with Crippen LogP contribution in [-0.4, -0.2) is 6.54 Å². The van der Waals surface area contributed by atoms with Crippen LogP contribution >= 0.6 is 15.9 Å². The average Bonchev–Trinajstić information content (AvgIpc) is 2.49. The van der Waals surface area contributed by atoms with Crippen LogP contribution < -0.4 is 5.73 Å². The van der Waals surface area contributed by atoms with Gasteiger partial charge in [-0.15, -0.1) is 0 Å². The number of nitrogens with two attached hydrogens (primary N) is 1. The van der Waals surface area contributed by atoms with Crippen LogP contribution in [0.2, 0.25) is 0 Å². The quantitative estimate of drug-likeness (QED) is 0.788. The molecule has 2 aromatic rings. The van der Waals surface area contributed by atoms with Gasteiger partial charge >= 0.3 is 0 Å². The van der Waals surface area contributed by atoms with Crippen molar-refractivity contribution in [3.8, 4) is 0 Å². The molecule has 1 atom stereocenters. The zero-order valence-electron chi connectivity index (χ0n) is 11.8. The molecule has 0 bridgehead atoms. The molecule has 106 valence electrons. The first-order chi connectivity index (χ1) is 9.79. The fourth-order valence-corrected chi connectivity index (χ4v) is 2.96. The second-order valence-electron chi connectivity index (χ2n) is 5.28. The highest BCUT2D eigenvalue weighted by Gasteiger charge is 2.09. The van der Waals surface area contributed by atoms with Crippen LogP contribution in [0.3, 0.4) is 0 Å². The third-order valence-electron chi connectivity index (χ3n) is 3.72. The zero-order valence-corrected chi connectivity index (χ0v) is 13.4. The number of rotatable bonds is 7. The summed E-state index contributed by atoms with van der Waals surface area (Å²) < 4.78 is 1.20. The predicted octanol–water partition coefficient (Wildman–Crippen LogP) is 4.59. The molecule has 0 saturated heterocycles. The summed E-state index contributed by atoms with van der Waals surface area (Å²) in [5, 5.41) is 0. The first-order valence-electron chi connectivity index (χ1n) is 7.27. The van der Waals surface area contributed by atoms with Crippen LogP contribution in [0.15, 0.2) is 59.1 Å². The molecule has 2 rings (SSSR count). The molecular weight excluding hydrogens is 310 g/mol. The summed E-state index contributed by atoms with van der Waals surface area (Å²) in [6.45, 7) is 0.760. The summed E-state index contributed by atoms with van der Waals surface area (Å²) in [7, 11) is 0. The van der Waals surface area contributed by atoms with Gasteiger partial charge in [0.1, 0.15) is 0 Å². The molecule has 1 unspecified atom stereocenters. The molecule has 0 radical (unpaired) electrons. The topological polar surface area (TPSA) is 26.0 Å². The summed E-state index contributed by atoms with van der Waals surface area (Å²) in [4.78, 5) is 0. The molecule has 20 heavy (non-hydrogen) atoms. The summed E-state index contributed by atoms with van der Waals surface area (Å²) in [6.07, 6.45) is 4.60. The number of benzene rings is 2. The number of halogens is 1. The Kier molecular flexibility index (Phi) is 6.28. The fourth-order valence-electron chi connectivity index (χ4n) is 2.52. The van der Waals surface area contributed by atoms with Gasteiger partial charge in [-0.3, -0.25) is 0 Å². The maximum atomic E-state index is 5.93. The molecule has 2 aromatic carbocycles. The van der Waals surface area contributed by atoms with E-state index in [9.17, 15) is 0 Å². The lowest BCUT2D eigenvalue weighted by Gasteiger charge is -2.15. The fraction of sp³-hybridized carbons (Fsp3) is 0.333. The monoisotopic (exact) mass is 331 g/mol. The van der Waals surface area contributed by atoms with E-state index in [2.05, 4.69) is 70.5 Å². The van der Waals surface area contributed by atoms with E-state index in [4.69, 9.17) is 5.73 Å². The van der Waals surface area contributed by atoms with Gasteiger partial charge in [0.2, 0.25) is 0 Å². The highest BCUT2D eigenvalue weighted by atomic mass is 79.9. The molecule has 2 heteroatoms. The maximum Gasteiger partial charge on any atom is 0.0207 e. The second-order valence-corrected chi connectivity index (χ2v) is 6.13. The number of hydrogen-bond donors (Lipinski definition) is 1. The third-order valence-corrected chi connectivity index (χ3v) is 4.49. The molecule has 0 saturated carbocycles. The molecule has 0 spiro atoms. The van der Waals surface area contributed by atoms with Gasteiger partial charge in [0, 0.05) is 4.47 Å². The van der Waals surface area contributed by atoms with E-state index in [0.29, 0.717) is 5.92 Å². The molecule has 0 fully saturated rings. The van der Waals surface area contributed by atoms with Crippen LogP contribution in [0.4, 0.5) is 0 Å². The van der Waals surface area contributed by atoms with Crippen molar-refractivity contribution in [1.82, 2.24) is 0 Å². The summed E-state index contributed by atoms with van der Waals surface area (Å²) in [5.74, 6) is 0.567. The Morgan fingerprint density at radius 1 is 0.950 bits per heavy atom. The molecule has 2 N–H and O–H groups in total. The first kappa shape index (κ1) is 15.3. The van der Waals surface area contributed by atoms with Crippen molar-refractivity contribution >= 4 is 15.9 Å². The van der Waals surface area contributed by atoms with Crippen molar-refractivity contribution < 1.29 is 0 Å². The first-order valence-corrected chi connectivity index (χ1v) is 8.06. The molecule has 0 aromatic heterocycles. The van der Waals surface area contributed by atoms with Crippen molar-refractivity contribution in [2.45, 2.75) is 25.7 Å². The van der Waals surface area contributed by atoms with Crippen LogP contribution in [0, 0.1) is 5.92 Å². The van der Waals surface area contributed by atoms with Gasteiger partial charge in [-0.05, 0) is 55.3 Å². The van der Waals surface area contributed by atoms with Crippen molar-refractivity contribution in [2.75, 3.05) is 6.54 Å². The lowest BCUT2D eigenvalue weighted by atomic mass is 9.93. The molecular formula is C18H22BrN. The van der Waals surface area contributed by atoms with E-state index >= 15 is 0 Å². The molecule has 0 aliphatic carbocycles. The van der Waals surface area contributed by atoms with Gasteiger partial charge in [-0.2, -0.15) is 0 Å². The van der Waals surface area contributed by atoms with Gasteiger partial charge in [-0.1, -0.05) is 64.5 Å². The highest BCUT2D eigenvalue weighted by molar-refractivity contribution is 9.10. The standard InChI is InChI=1S/C18H22BrN/c19-18-12-5-4-11-17(18)13-16(14-20)10-6-9-15-7-2-1-3-8-15/h1-5,7-8,11-12,16H,6,9-10,13-14,20H2. The smallest absolute Gasteiger partial charge is 0.0207 e. The molecule has 0 amide bonds. The Morgan fingerprint density at radius 3 is 2.35 bits per heavy atom. The van der Waals surface area contributed by atoms with Gasteiger partial charge < -0.3 is 5.73 Å². The molecule has 1 nitrogen and oxygen atoms in total. The summed E-state index contributed by atoms with van der Waals surface area (Å²) >= 11 is 3.62. The van der Waals surface area contributed by atoms with Gasteiger partial charge in [0.05, 0.1) is 0 Å². The van der Waals surface area contributed by atoms with E-state index in [1.165, 1.54) is 28.4 Å². The van der Waals surface area contributed by atoms with E-state index in [0.717, 1.165) is 19.4 Å². The number of aryl methyl sites for hydroxylation is 1. The minimum atomic E-state index is 0.567. The van der Waals surface area contributed by atoms with Crippen LogP contribution in [0.5, 0.6) is 0 Å². The van der Waals surface area contributed by atoms with Gasteiger partial charge in [0.25, 0.3) is 0 Å². The lowest BCUT2D eigenvalue weighted by Crippen LogP contribution is -2.17. The lowest BCUT2D eigenvalue weighted by molar-refractivity contribution is 0.475. The summed E-state index contributed by atoms with van der Waals surface area (Å²) in [5.41, 5.74) is 8.72. The maximum absolute atomic E-state index is 5.93. The van der Waals surface area contributed by atoms with Crippen LogP contribution in [0.25, 0.3) is 0 Å². The largest absolute Gasteiger partial charge is 0.330 e. The van der Waals surface area contributed by atoms with Crippen molar-refractivity contribution in [2.24, 2.45) is 11.7 Å². The highest BCUT2D eigenvalue weighted by Crippen LogP contribution is 2.21. The zero-order chi connectivity index (χ0) is 14.2. The molecule has 0 aliphatic rings. The minimum absolute atomic E-state index is 0.567. The second kappa shape index (κ2) is 8.23. The van der Waals surface area contributed by atoms with Crippen molar-refractivity contribution in [3.05, 3.63) is 70.2 Å². The molecule has 0 heterocycles.